The van der Waals surface area contributed by atoms with Crippen LogP contribution in [0.5, 0.6) is 5.75 Å². The number of amides is 1. The van der Waals surface area contributed by atoms with E-state index in [1.54, 1.807) is 12.1 Å². The number of fused-ring (bicyclic) bond motifs is 5. The van der Waals surface area contributed by atoms with Crippen molar-refractivity contribution in [1.29, 1.82) is 0 Å². The van der Waals surface area contributed by atoms with Crippen LogP contribution in [-0.4, -0.2) is 51.0 Å². The van der Waals surface area contributed by atoms with Gasteiger partial charge in [0.2, 0.25) is 10.0 Å². The second kappa shape index (κ2) is 9.92. The van der Waals surface area contributed by atoms with E-state index in [0.717, 1.165) is 68.7 Å². The third kappa shape index (κ3) is 4.90. The van der Waals surface area contributed by atoms with E-state index in [9.17, 15) is 18.3 Å². The van der Waals surface area contributed by atoms with Crippen LogP contribution in [0.15, 0.2) is 36.4 Å². The molecule has 0 aromatic heterocycles. The van der Waals surface area contributed by atoms with Crippen LogP contribution in [0.2, 0.25) is 5.02 Å². The molecule has 1 amide bonds. The first-order chi connectivity index (χ1) is 19.2. The highest BCUT2D eigenvalue weighted by Crippen LogP contribution is 2.48. The molecule has 0 saturated heterocycles. The maximum absolute atomic E-state index is 13.2. The lowest BCUT2D eigenvalue weighted by Crippen LogP contribution is -2.49. The summed E-state index contributed by atoms with van der Waals surface area (Å²) in [4.78, 5) is 15.5. The Morgan fingerprint density at radius 3 is 2.73 bits per heavy atom. The third-order valence-corrected chi connectivity index (χ3v) is 11.9. The normalized spacial score (nSPS) is 34.7. The number of carbonyl (C=O) groups is 1. The van der Waals surface area contributed by atoms with Crippen LogP contribution in [-0.2, 0) is 21.9 Å². The first-order valence-electron chi connectivity index (χ1n) is 14.7. The molecule has 7 rings (SSSR count). The van der Waals surface area contributed by atoms with E-state index in [1.807, 2.05) is 12.1 Å². The predicted molar refractivity (Wildman–Crippen MR) is 155 cm³/mol. The molecular weight excluding hydrogens is 548 g/mol. The molecule has 0 unspecified atom stereocenters. The van der Waals surface area contributed by atoms with Crippen LogP contribution in [0.25, 0.3) is 0 Å². The fraction of sp³-hybridized carbons (Fsp3) is 0.581. The second-order valence-electron chi connectivity index (χ2n) is 12.9. The van der Waals surface area contributed by atoms with Gasteiger partial charge >= 0.3 is 0 Å². The van der Waals surface area contributed by atoms with Crippen molar-refractivity contribution in [3.05, 3.63) is 58.1 Å². The minimum atomic E-state index is -3.76. The van der Waals surface area contributed by atoms with Crippen LogP contribution in [0.3, 0.4) is 0 Å². The number of aliphatic hydroxyl groups excluding tert-OH is 1. The Balaban J connectivity index is 1.28. The summed E-state index contributed by atoms with van der Waals surface area (Å²) in [7, 11) is -3.76. The predicted octanol–water partition coefficient (Wildman–Crippen LogP) is 4.69. The van der Waals surface area contributed by atoms with Crippen molar-refractivity contribution in [2.75, 3.05) is 30.3 Å². The lowest BCUT2D eigenvalue weighted by molar-refractivity contribution is 0.00837. The molecule has 2 saturated carbocycles. The fourth-order valence-electron chi connectivity index (χ4n) is 7.86. The number of aliphatic hydroxyl groups is 1. The van der Waals surface area contributed by atoms with Gasteiger partial charge in [0.25, 0.3) is 5.91 Å². The van der Waals surface area contributed by atoms with Gasteiger partial charge in [-0.15, -0.1) is 0 Å². The van der Waals surface area contributed by atoms with Crippen molar-refractivity contribution in [1.82, 2.24) is 4.72 Å². The van der Waals surface area contributed by atoms with Crippen molar-refractivity contribution >= 4 is 33.2 Å². The van der Waals surface area contributed by atoms with Crippen molar-refractivity contribution in [2.24, 2.45) is 23.7 Å². The molecule has 3 aliphatic carbocycles. The molecule has 9 heteroatoms. The molecule has 214 valence electrons. The van der Waals surface area contributed by atoms with E-state index in [1.165, 1.54) is 11.1 Å². The van der Waals surface area contributed by atoms with Gasteiger partial charge in [-0.25, -0.2) is 13.1 Å². The molecule has 2 aliphatic heterocycles. The van der Waals surface area contributed by atoms with E-state index < -0.39 is 15.9 Å². The van der Waals surface area contributed by atoms with Gasteiger partial charge in [-0.2, -0.15) is 0 Å². The summed E-state index contributed by atoms with van der Waals surface area (Å²) in [6.07, 6.45) is 7.11. The Hall–Kier alpha value is -2.29. The summed E-state index contributed by atoms with van der Waals surface area (Å²) >= 11 is 6.38. The fourth-order valence-corrected chi connectivity index (χ4v) is 9.51. The molecule has 0 radical (unpaired) electrons. The highest BCUT2D eigenvalue weighted by molar-refractivity contribution is 7.90. The Bertz CT molecular complexity index is 1450. The van der Waals surface area contributed by atoms with Gasteiger partial charge in [-0.1, -0.05) is 17.7 Å². The molecule has 2 heterocycles. The zero-order valence-electron chi connectivity index (χ0n) is 22.6. The van der Waals surface area contributed by atoms with Crippen molar-refractivity contribution < 1.29 is 23.1 Å². The minimum Gasteiger partial charge on any atom is -0.490 e. The number of hydrogen-bond acceptors (Lipinski definition) is 6. The number of anilines is 1. The Labute approximate surface area is 241 Å². The topological polar surface area (TPSA) is 95.9 Å². The smallest absolute Gasteiger partial charge is 0.264 e. The van der Waals surface area contributed by atoms with Gasteiger partial charge in [0, 0.05) is 29.1 Å². The molecule has 2 bridgehead atoms. The van der Waals surface area contributed by atoms with E-state index >= 15 is 0 Å². The average molecular weight is 585 g/mol. The Kier molecular flexibility index (Phi) is 6.59. The molecule has 1 spiro atoms. The Morgan fingerprint density at radius 1 is 1.05 bits per heavy atom. The molecule has 2 aromatic rings. The molecule has 2 aromatic carbocycles. The molecule has 6 atom stereocenters. The quantitative estimate of drug-likeness (QED) is 0.466. The molecule has 2 N–H and O–H groups in total. The highest BCUT2D eigenvalue weighted by Gasteiger charge is 2.46. The summed E-state index contributed by atoms with van der Waals surface area (Å²) < 4.78 is 34.5. The zero-order chi connectivity index (χ0) is 27.6. The highest BCUT2D eigenvalue weighted by atomic mass is 35.5. The summed E-state index contributed by atoms with van der Waals surface area (Å²) in [5, 5.41) is 11.9. The number of nitrogens with one attached hydrogen (secondary N) is 1. The SMILES string of the molecule is O=C1NS(=O)(=O)C[C@@H]2C[C@@H]2CC[C@H](O)[C@@H]2CC[C@H]2CN2C[C@@]3(CCCc4cc(Cl)ccc43)COc3ccc1cc32. The van der Waals surface area contributed by atoms with Gasteiger partial charge in [-0.05, 0) is 116 Å². The summed E-state index contributed by atoms with van der Waals surface area (Å²) in [6, 6.07) is 11.5. The van der Waals surface area contributed by atoms with Crippen molar-refractivity contribution in [3.63, 3.8) is 0 Å². The summed E-state index contributed by atoms with van der Waals surface area (Å²) in [5.74, 6) is 1.02. The number of rotatable bonds is 0. The maximum Gasteiger partial charge on any atom is 0.264 e. The molecule has 2 fully saturated rings. The van der Waals surface area contributed by atoms with Gasteiger partial charge in [-0.3, -0.25) is 4.79 Å². The first-order valence-corrected chi connectivity index (χ1v) is 16.8. The van der Waals surface area contributed by atoms with E-state index in [0.29, 0.717) is 36.2 Å². The molecular formula is C31H37ClN2O5S. The van der Waals surface area contributed by atoms with E-state index in [2.05, 4.69) is 21.8 Å². The second-order valence-corrected chi connectivity index (χ2v) is 15.1. The van der Waals surface area contributed by atoms with Crippen LogP contribution in [0, 0.1) is 23.7 Å². The van der Waals surface area contributed by atoms with Crippen LogP contribution < -0.4 is 14.4 Å². The van der Waals surface area contributed by atoms with E-state index in [4.69, 9.17) is 16.3 Å². The number of sulfonamides is 1. The number of carbonyl (C=O) groups excluding carboxylic acids is 1. The van der Waals surface area contributed by atoms with Crippen molar-refractivity contribution in [2.45, 2.75) is 62.9 Å². The first kappa shape index (κ1) is 26.6. The lowest BCUT2D eigenvalue weighted by atomic mass is 9.68. The summed E-state index contributed by atoms with van der Waals surface area (Å²) in [5.41, 5.74) is 3.44. The molecule has 5 aliphatic rings. The number of hydrogen-bond donors (Lipinski definition) is 2. The van der Waals surface area contributed by atoms with Crippen LogP contribution in [0.4, 0.5) is 5.69 Å². The standard InChI is InChI=1S/C31H37ClN2O5S/c32-24-6-8-26-20(13-24)2-1-11-31(26)17-34-15-22-3-7-25(22)28(35)9-4-19-12-23(19)16-40(37,38)33-30(36)21-5-10-29(39-18-31)27(34)14-21/h5-6,8,10,13-14,19,22-23,25,28,35H,1-4,7,9,11-12,15-18H2,(H,33,36)/t19-,22-,23-,25+,28-,31-/m0/s1. The minimum absolute atomic E-state index is 0.0440. The number of ether oxygens (including phenoxy) is 1. The molecule has 7 nitrogen and oxygen atoms in total. The monoisotopic (exact) mass is 584 g/mol. The largest absolute Gasteiger partial charge is 0.490 e. The zero-order valence-corrected chi connectivity index (χ0v) is 24.2. The average Bonchev–Trinajstić information content (AvgIpc) is 3.65. The van der Waals surface area contributed by atoms with Gasteiger partial charge in [0.05, 0.1) is 24.2 Å². The van der Waals surface area contributed by atoms with Crippen LogP contribution in [0.1, 0.15) is 66.4 Å². The number of halogens is 1. The summed E-state index contributed by atoms with van der Waals surface area (Å²) in [6.45, 7) is 2.00. The number of aryl methyl sites for hydroxylation is 1. The van der Waals surface area contributed by atoms with Crippen molar-refractivity contribution in [3.8, 4) is 5.75 Å². The third-order valence-electron chi connectivity index (χ3n) is 10.3. The maximum atomic E-state index is 13.2. The number of benzene rings is 2. The van der Waals surface area contributed by atoms with Gasteiger partial charge in [0.15, 0.2) is 0 Å². The van der Waals surface area contributed by atoms with Gasteiger partial charge in [0.1, 0.15) is 5.75 Å². The van der Waals surface area contributed by atoms with E-state index in [-0.39, 0.29) is 29.1 Å². The van der Waals surface area contributed by atoms with Gasteiger partial charge < -0.3 is 14.7 Å². The Morgan fingerprint density at radius 2 is 1.90 bits per heavy atom. The molecule has 40 heavy (non-hydrogen) atoms. The van der Waals surface area contributed by atoms with Crippen LogP contribution >= 0.6 is 11.6 Å². The lowest BCUT2D eigenvalue weighted by Gasteiger charge is -2.45. The number of nitrogens with zero attached hydrogens (tertiary/aromatic N) is 1.